The maximum atomic E-state index is 2.41. The summed E-state index contributed by atoms with van der Waals surface area (Å²) in [7, 11) is 0. The summed E-state index contributed by atoms with van der Waals surface area (Å²) in [6.07, 6.45) is 2.41. The molecule has 21 heavy (non-hydrogen) atoms. The summed E-state index contributed by atoms with van der Waals surface area (Å²) in [5, 5.41) is 0. The van der Waals surface area contributed by atoms with Gasteiger partial charge in [-0.15, -0.1) is 0 Å². The first-order chi connectivity index (χ1) is 9.99. The molecule has 0 heteroatoms. The Morgan fingerprint density at radius 3 is 1.95 bits per heavy atom. The van der Waals surface area contributed by atoms with Crippen LogP contribution in [0, 0.1) is 12.3 Å². The van der Waals surface area contributed by atoms with Crippen LogP contribution < -0.4 is 0 Å². The van der Waals surface area contributed by atoms with E-state index in [9.17, 15) is 0 Å². The second kappa shape index (κ2) is 5.04. The molecule has 0 bridgehead atoms. The average molecular weight is 274 g/mol. The number of benzene rings is 2. The van der Waals surface area contributed by atoms with Crippen molar-refractivity contribution in [3.05, 3.63) is 82.9 Å². The van der Waals surface area contributed by atoms with E-state index >= 15 is 0 Å². The molecule has 0 nitrogen and oxygen atoms in total. The summed E-state index contributed by atoms with van der Waals surface area (Å²) in [5.41, 5.74) is 8.25. The van der Waals surface area contributed by atoms with Crippen LogP contribution in [0.25, 0.3) is 11.1 Å². The van der Waals surface area contributed by atoms with Gasteiger partial charge in [0, 0.05) is 5.41 Å². The van der Waals surface area contributed by atoms with Crippen LogP contribution in [0.2, 0.25) is 0 Å². The summed E-state index contributed by atoms with van der Waals surface area (Å²) < 4.78 is 0. The third kappa shape index (κ3) is 2.47. The van der Waals surface area contributed by atoms with Crippen molar-refractivity contribution < 1.29 is 0 Å². The van der Waals surface area contributed by atoms with E-state index in [1.165, 1.54) is 33.4 Å². The lowest BCUT2D eigenvalue weighted by atomic mass is 9.86. The maximum Gasteiger partial charge on any atom is 0.00503 e. The standard InChI is InChI=1S/C21H22/c1-15-10-12-18(13-11-15)20-16(2)21(3,4)14-19(20)17-8-6-5-7-9-17/h5-14H,1-4H3. The summed E-state index contributed by atoms with van der Waals surface area (Å²) in [6, 6.07) is 19.6. The zero-order valence-corrected chi connectivity index (χ0v) is 13.3. The molecule has 0 N–H and O–H groups in total. The van der Waals surface area contributed by atoms with E-state index in [0.717, 1.165) is 0 Å². The van der Waals surface area contributed by atoms with Crippen molar-refractivity contribution in [2.45, 2.75) is 27.7 Å². The molecular weight excluding hydrogens is 252 g/mol. The number of rotatable bonds is 2. The zero-order valence-electron chi connectivity index (χ0n) is 13.3. The van der Waals surface area contributed by atoms with Crippen LogP contribution >= 0.6 is 0 Å². The highest BCUT2D eigenvalue weighted by atomic mass is 14.3. The summed E-state index contributed by atoms with van der Waals surface area (Å²) >= 11 is 0. The van der Waals surface area contributed by atoms with Crippen molar-refractivity contribution in [2.75, 3.05) is 0 Å². The minimum Gasteiger partial charge on any atom is -0.0663 e. The van der Waals surface area contributed by atoms with Gasteiger partial charge >= 0.3 is 0 Å². The highest BCUT2D eigenvalue weighted by Crippen LogP contribution is 2.48. The molecule has 0 saturated heterocycles. The smallest absolute Gasteiger partial charge is 0.00503 e. The molecule has 0 aromatic heterocycles. The number of allylic oxidation sites excluding steroid dienone is 4. The first kappa shape index (κ1) is 13.9. The van der Waals surface area contributed by atoms with Gasteiger partial charge in [0.25, 0.3) is 0 Å². The molecule has 1 aliphatic rings. The van der Waals surface area contributed by atoms with Gasteiger partial charge in [0.2, 0.25) is 0 Å². The Kier molecular flexibility index (Phi) is 3.33. The van der Waals surface area contributed by atoms with E-state index in [4.69, 9.17) is 0 Å². The Hall–Kier alpha value is -2.08. The second-order valence-electron chi connectivity index (χ2n) is 6.51. The monoisotopic (exact) mass is 274 g/mol. The van der Waals surface area contributed by atoms with E-state index in [-0.39, 0.29) is 5.41 Å². The highest BCUT2D eigenvalue weighted by Gasteiger charge is 2.30. The first-order valence-electron chi connectivity index (χ1n) is 7.56. The summed E-state index contributed by atoms with van der Waals surface area (Å²) in [6.45, 7) is 9.00. The SMILES string of the molecule is CC1=C(c2ccc(C)cc2)C(c2ccccc2)=CC1(C)C. The molecular formula is C21H22. The minimum absolute atomic E-state index is 0.116. The van der Waals surface area contributed by atoms with Gasteiger partial charge in [-0.3, -0.25) is 0 Å². The molecule has 0 unspecified atom stereocenters. The molecule has 0 spiro atoms. The van der Waals surface area contributed by atoms with Gasteiger partial charge in [-0.1, -0.05) is 85.7 Å². The molecule has 3 rings (SSSR count). The number of aryl methyl sites for hydroxylation is 1. The Balaban J connectivity index is 2.17. The number of hydrogen-bond acceptors (Lipinski definition) is 0. The van der Waals surface area contributed by atoms with Crippen molar-refractivity contribution >= 4 is 11.1 Å². The Morgan fingerprint density at radius 2 is 1.33 bits per heavy atom. The average Bonchev–Trinajstić information content (AvgIpc) is 2.72. The van der Waals surface area contributed by atoms with Crippen molar-refractivity contribution in [3.8, 4) is 0 Å². The summed E-state index contributed by atoms with van der Waals surface area (Å²) in [5.74, 6) is 0. The van der Waals surface area contributed by atoms with Crippen molar-refractivity contribution in [1.82, 2.24) is 0 Å². The van der Waals surface area contributed by atoms with E-state index in [1.54, 1.807) is 0 Å². The minimum atomic E-state index is 0.116. The Morgan fingerprint density at radius 1 is 0.714 bits per heavy atom. The maximum absolute atomic E-state index is 2.41. The van der Waals surface area contributed by atoms with Crippen LogP contribution in [0.4, 0.5) is 0 Å². The van der Waals surface area contributed by atoms with E-state index < -0.39 is 0 Å². The second-order valence-corrected chi connectivity index (χ2v) is 6.51. The predicted molar refractivity (Wildman–Crippen MR) is 92.0 cm³/mol. The van der Waals surface area contributed by atoms with Gasteiger partial charge in [-0.25, -0.2) is 0 Å². The van der Waals surface area contributed by atoms with Crippen LogP contribution in [0.15, 0.2) is 66.2 Å². The fourth-order valence-corrected chi connectivity index (χ4v) is 3.00. The molecule has 106 valence electrons. The third-order valence-corrected chi connectivity index (χ3v) is 4.54. The van der Waals surface area contributed by atoms with Crippen LogP contribution in [0.1, 0.15) is 37.5 Å². The predicted octanol–water partition coefficient (Wildman–Crippen LogP) is 5.89. The first-order valence-corrected chi connectivity index (χ1v) is 7.56. The Bertz CT molecular complexity index is 710. The summed E-state index contributed by atoms with van der Waals surface area (Å²) in [4.78, 5) is 0. The molecule has 0 atom stereocenters. The van der Waals surface area contributed by atoms with Crippen LogP contribution in [0.5, 0.6) is 0 Å². The van der Waals surface area contributed by atoms with Gasteiger partial charge < -0.3 is 0 Å². The molecule has 2 aromatic carbocycles. The van der Waals surface area contributed by atoms with Gasteiger partial charge in [-0.2, -0.15) is 0 Å². The van der Waals surface area contributed by atoms with Crippen molar-refractivity contribution in [2.24, 2.45) is 5.41 Å². The van der Waals surface area contributed by atoms with Gasteiger partial charge in [0.1, 0.15) is 0 Å². The normalized spacial score (nSPS) is 17.0. The molecule has 0 radical (unpaired) electrons. The van der Waals surface area contributed by atoms with Crippen LogP contribution in [-0.4, -0.2) is 0 Å². The van der Waals surface area contributed by atoms with E-state index in [1.807, 2.05) is 0 Å². The molecule has 0 heterocycles. The molecule has 0 saturated carbocycles. The Labute approximate surface area is 127 Å². The number of hydrogen-bond donors (Lipinski definition) is 0. The van der Waals surface area contributed by atoms with Gasteiger partial charge in [0.15, 0.2) is 0 Å². The lowest BCUT2D eigenvalue weighted by Gasteiger charge is -2.18. The van der Waals surface area contributed by atoms with Gasteiger partial charge in [-0.05, 0) is 36.1 Å². The van der Waals surface area contributed by atoms with Gasteiger partial charge in [0.05, 0.1) is 0 Å². The fraction of sp³-hybridized carbons (Fsp3) is 0.238. The zero-order chi connectivity index (χ0) is 15.0. The van der Waals surface area contributed by atoms with Crippen LogP contribution in [-0.2, 0) is 0 Å². The quantitative estimate of drug-likeness (QED) is 0.640. The van der Waals surface area contributed by atoms with Crippen LogP contribution in [0.3, 0.4) is 0 Å². The fourth-order valence-electron chi connectivity index (χ4n) is 3.00. The largest absolute Gasteiger partial charge is 0.0663 e. The van der Waals surface area contributed by atoms with E-state index in [2.05, 4.69) is 88.4 Å². The molecule has 2 aromatic rings. The molecule has 0 aliphatic heterocycles. The van der Waals surface area contributed by atoms with Crippen molar-refractivity contribution in [1.29, 1.82) is 0 Å². The topological polar surface area (TPSA) is 0 Å². The lowest BCUT2D eigenvalue weighted by Crippen LogP contribution is -2.05. The van der Waals surface area contributed by atoms with Crippen molar-refractivity contribution in [3.63, 3.8) is 0 Å². The molecule has 0 amide bonds. The lowest BCUT2D eigenvalue weighted by molar-refractivity contribution is 0.593. The molecule has 1 aliphatic carbocycles. The van der Waals surface area contributed by atoms with E-state index in [0.29, 0.717) is 0 Å². The molecule has 0 fully saturated rings. The third-order valence-electron chi connectivity index (χ3n) is 4.54. The highest BCUT2D eigenvalue weighted by molar-refractivity contribution is 6.09.